The monoisotopic (exact) mass is 355 g/mol. The molecule has 4 heteroatoms. The Kier molecular flexibility index (Phi) is 4.30. The van der Waals surface area contributed by atoms with E-state index in [4.69, 9.17) is 0 Å². The van der Waals surface area contributed by atoms with Crippen molar-refractivity contribution in [2.45, 2.75) is 6.42 Å². The summed E-state index contributed by atoms with van der Waals surface area (Å²) < 4.78 is 0. The molecule has 1 amide bonds. The molecule has 0 saturated carbocycles. The molecule has 2 N–H and O–H groups in total. The van der Waals surface area contributed by atoms with E-state index in [-0.39, 0.29) is 17.9 Å². The SMILES string of the molecule is O=C(Cc1ccccc1C(=O)O)Nc1ccc2cc3ccccc3cc2c1. The molecular weight excluding hydrogens is 338 g/mol. The summed E-state index contributed by atoms with van der Waals surface area (Å²) in [5.74, 6) is -1.28. The lowest BCUT2D eigenvalue weighted by Crippen LogP contribution is -2.16. The van der Waals surface area contributed by atoms with Crippen LogP contribution in [-0.2, 0) is 11.2 Å². The van der Waals surface area contributed by atoms with Gasteiger partial charge in [-0.05, 0) is 57.4 Å². The molecule has 4 aromatic rings. The predicted octanol–water partition coefficient (Wildman–Crippen LogP) is 4.87. The van der Waals surface area contributed by atoms with E-state index in [1.807, 2.05) is 30.3 Å². The number of nitrogens with one attached hydrogen (secondary N) is 1. The van der Waals surface area contributed by atoms with E-state index in [2.05, 4.69) is 29.6 Å². The van der Waals surface area contributed by atoms with Crippen LogP contribution in [-0.4, -0.2) is 17.0 Å². The van der Waals surface area contributed by atoms with Crippen molar-refractivity contribution in [1.82, 2.24) is 0 Å². The third-order valence-electron chi connectivity index (χ3n) is 4.59. The van der Waals surface area contributed by atoms with Gasteiger partial charge in [0.1, 0.15) is 0 Å². The molecule has 0 aliphatic rings. The van der Waals surface area contributed by atoms with Crippen LogP contribution in [0.2, 0.25) is 0 Å². The molecule has 4 rings (SSSR count). The van der Waals surface area contributed by atoms with E-state index in [9.17, 15) is 14.7 Å². The first-order valence-corrected chi connectivity index (χ1v) is 8.64. The molecule has 132 valence electrons. The lowest BCUT2D eigenvalue weighted by molar-refractivity contribution is -0.115. The summed E-state index contributed by atoms with van der Waals surface area (Å²) in [6.07, 6.45) is 0.0121. The summed E-state index contributed by atoms with van der Waals surface area (Å²) in [5, 5.41) is 16.6. The van der Waals surface area contributed by atoms with Gasteiger partial charge in [-0.2, -0.15) is 0 Å². The zero-order valence-electron chi connectivity index (χ0n) is 14.5. The van der Waals surface area contributed by atoms with Crippen LogP contribution >= 0.6 is 0 Å². The second-order valence-electron chi connectivity index (χ2n) is 6.45. The quantitative estimate of drug-likeness (QED) is 0.513. The van der Waals surface area contributed by atoms with Gasteiger partial charge in [-0.25, -0.2) is 4.79 Å². The van der Waals surface area contributed by atoms with E-state index in [1.165, 1.54) is 11.5 Å². The van der Waals surface area contributed by atoms with Gasteiger partial charge in [0, 0.05) is 5.69 Å². The molecule has 0 fully saturated rings. The summed E-state index contributed by atoms with van der Waals surface area (Å²) in [6, 6.07) is 24.7. The minimum atomic E-state index is -1.03. The molecule has 0 heterocycles. The molecule has 0 aliphatic carbocycles. The molecule has 0 aliphatic heterocycles. The highest BCUT2D eigenvalue weighted by Gasteiger charge is 2.12. The van der Waals surface area contributed by atoms with Crippen LogP contribution < -0.4 is 5.32 Å². The zero-order chi connectivity index (χ0) is 18.8. The number of carboxylic acids is 1. The van der Waals surface area contributed by atoms with Gasteiger partial charge >= 0.3 is 5.97 Å². The highest BCUT2D eigenvalue weighted by Crippen LogP contribution is 2.25. The summed E-state index contributed by atoms with van der Waals surface area (Å²) >= 11 is 0. The minimum Gasteiger partial charge on any atom is -0.478 e. The third kappa shape index (κ3) is 3.51. The van der Waals surface area contributed by atoms with Crippen molar-refractivity contribution in [1.29, 1.82) is 0 Å². The summed E-state index contributed by atoms with van der Waals surface area (Å²) in [4.78, 5) is 23.7. The molecule has 0 spiro atoms. The Morgan fingerprint density at radius 1 is 0.741 bits per heavy atom. The number of carboxylic acid groups (broad SMARTS) is 1. The van der Waals surface area contributed by atoms with Gasteiger partial charge < -0.3 is 10.4 Å². The van der Waals surface area contributed by atoms with Gasteiger partial charge in [0.15, 0.2) is 0 Å². The normalized spacial score (nSPS) is 10.8. The van der Waals surface area contributed by atoms with Crippen LogP contribution in [0.4, 0.5) is 5.69 Å². The van der Waals surface area contributed by atoms with Gasteiger partial charge in [-0.1, -0.05) is 48.5 Å². The van der Waals surface area contributed by atoms with Crippen molar-refractivity contribution >= 4 is 39.1 Å². The Balaban J connectivity index is 1.59. The largest absolute Gasteiger partial charge is 0.478 e. The Bertz CT molecular complexity index is 1180. The molecule has 0 bridgehead atoms. The van der Waals surface area contributed by atoms with Crippen LogP contribution in [0.1, 0.15) is 15.9 Å². The maximum Gasteiger partial charge on any atom is 0.335 e. The lowest BCUT2D eigenvalue weighted by Gasteiger charge is -2.09. The van der Waals surface area contributed by atoms with Gasteiger partial charge in [0.2, 0.25) is 5.91 Å². The van der Waals surface area contributed by atoms with E-state index in [1.54, 1.807) is 18.2 Å². The molecule has 0 saturated heterocycles. The molecule has 0 unspecified atom stereocenters. The average molecular weight is 355 g/mol. The first-order chi connectivity index (χ1) is 13.1. The van der Waals surface area contributed by atoms with Gasteiger partial charge in [-0.15, -0.1) is 0 Å². The first-order valence-electron chi connectivity index (χ1n) is 8.64. The number of hydrogen-bond acceptors (Lipinski definition) is 2. The van der Waals surface area contributed by atoms with E-state index < -0.39 is 5.97 Å². The van der Waals surface area contributed by atoms with Crippen LogP contribution in [0.3, 0.4) is 0 Å². The van der Waals surface area contributed by atoms with Gasteiger partial charge in [-0.3, -0.25) is 4.79 Å². The van der Waals surface area contributed by atoms with Crippen LogP contribution in [0.5, 0.6) is 0 Å². The highest BCUT2D eigenvalue weighted by molar-refractivity contribution is 6.01. The number of benzene rings is 4. The smallest absolute Gasteiger partial charge is 0.335 e. The van der Waals surface area contributed by atoms with Crippen molar-refractivity contribution in [3.05, 3.63) is 90.0 Å². The molecule has 4 aromatic carbocycles. The number of fused-ring (bicyclic) bond motifs is 2. The number of carbonyl (C=O) groups is 2. The van der Waals surface area contributed by atoms with E-state index >= 15 is 0 Å². The number of hydrogen-bond donors (Lipinski definition) is 2. The van der Waals surface area contributed by atoms with Crippen molar-refractivity contribution in [3.63, 3.8) is 0 Å². The summed E-state index contributed by atoms with van der Waals surface area (Å²) in [7, 11) is 0. The summed E-state index contributed by atoms with van der Waals surface area (Å²) in [5.41, 5.74) is 1.34. The maximum atomic E-state index is 12.4. The van der Waals surface area contributed by atoms with Crippen LogP contribution in [0.15, 0.2) is 78.9 Å². The fourth-order valence-electron chi connectivity index (χ4n) is 3.28. The van der Waals surface area contributed by atoms with Crippen molar-refractivity contribution in [3.8, 4) is 0 Å². The Labute approximate surface area is 156 Å². The number of anilines is 1. The fraction of sp³-hybridized carbons (Fsp3) is 0.0435. The molecule has 0 aromatic heterocycles. The number of amides is 1. The fourth-order valence-corrected chi connectivity index (χ4v) is 3.28. The second-order valence-corrected chi connectivity index (χ2v) is 6.45. The Morgan fingerprint density at radius 3 is 2.11 bits per heavy atom. The van der Waals surface area contributed by atoms with Crippen LogP contribution in [0.25, 0.3) is 21.5 Å². The Hall–Kier alpha value is -3.66. The van der Waals surface area contributed by atoms with Crippen molar-refractivity contribution in [2.24, 2.45) is 0 Å². The zero-order valence-corrected chi connectivity index (χ0v) is 14.5. The second kappa shape index (κ2) is 6.92. The number of aromatic carboxylic acids is 1. The topological polar surface area (TPSA) is 66.4 Å². The standard InChI is InChI=1S/C23H17NO3/c25-22(14-18-7-3-4-8-21(18)23(26)27)24-20-10-9-17-11-15-5-1-2-6-16(15)12-19(17)13-20/h1-13H,14H2,(H,24,25)(H,26,27). The number of carbonyl (C=O) groups excluding carboxylic acids is 1. The minimum absolute atomic E-state index is 0.0121. The van der Waals surface area contributed by atoms with Crippen molar-refractivity contribution in [2.75, 3.05) is 5.32 Å². The maximum absolute atomic E-state index is 12.4. The number of rotatable bonds is 4. The molecule has 27 heavy (non-hydrogen) atoms. The van der Waals surface area contributed by atoms with E-state index in [0.29, 0.717) is 11.3 Å². The first kappa shape index (κ1) is 16.8. The highest BCUT2D eigenvalue weighted by atomic mass is 16.4. The Morgan fingerprint density at radius 2 is 1.37 bits per heavy atom. The van der Waals surface area contributed by atoms with E-state index in [0.717, 1.165) is 16.2 Å². The van der Waals surface area contributed by atoms with Crippen molar-refractivity contribution < 1.29 is 14.7 Å². The average Bonchev–Trinajstić information content (AvgIpc) is 2.66. The molecule has 4 nitrogen and oxygen atoms in total. The van der Waals surface area contributed by atoms with Gasteiger partial charge in [0.25, 0.3) is 0 Å². The molecule has 0 radical (unpaired) electrons. The predicted molar refractivity (Wildman–Crippen MR) is 107 cm³/mol. The van der Waals surface area contributed by atoms with Crippen LogP contribution in [0, 0.1) is 0 Å². The summed E-state index contributed by atoms with van der Waals surface area (Å²) in [6.45, 7) is 0. The lowest BCUT2D eigenvalue weighted by atomic mass is 10.0. The molecule has 0 atom stereocenters. The third-order valence-corrected chi connectivity index (χ3v) is 4.59. The molecular formula is C23H17NO3. The van der Waals surface area contributed by atoms with Gasteiger partial charge in [0.05, 0.1) is 12.0 Å².